The second kappa shape index (κ2) is 9.51. The lowest BCUT2D eigenvalue weighted by molar-refractivity contribution is -0.121. The van der Waals surface area contributed by atoms with Crippen LogP contribution in [0, 0.1) is 5.92 Å². The number of carbonyl (C=O) groups is 2. The number of anilines is 1. The van der Waals surface area contributed by atoms with E-state index in [4.69, 9.17) is 4.74 Å². The van der Waals surface area contributed by atoms with Crippen molar-refractivity contribution in [3.63, 3.8) is 0 Å². The molecule has 1 aromatic heterocycles. The predicted octanol–water partition coefficient (Wildman–Crippen LogP) is 3.54. The molecule has 1 fully saturated rings. The second-order valence-electron chi connectivity index (χ2n) is 7.83. The summed E-state index contributed by atoms with van der Waals surface area (Å²) >= 11 is 0. The minimum atomic E-state index is -0.284. The monoisotopic (exact) mass is 431 g/mol. The zero-order valence-electron chi connectivity index (χ0n) is 17.8. The largest absolute Gasteiger partial charge is 0.497 e. The molecule has 164 valence electrons. The number of pyridine rings is 1. The maximum Gasteiger partial charge on any atom is 0.255 e. The first-order valence-electron chi connectivity index (χ1n) is 10.6. The quantitative estimate of drug-likeness (QED) is 0.646. The lowest BCUT2D eigenvalue weighted by Gasteiger charge is -2.32. The summed E-state index contributed by atoms with van der Waals surface area (Å²) in [5.41, 5.74) is 2.93. The van der Waals surface area contributed by atoms with Crippen molar-refractivity contribution in [1.29, 1.82) is 0 Å². The number of nitrogens with one attached hydrogen (secondary N) is 2. The zero-order chi connectivity index (χ0) is 22.5. The lowest BCUT2D eigenvalue weighted by atomic mass is 9.96. The number of rotatable bonds is 5. The van der Waals surface area contributed by atoms with Crippen LogP contribution in [0.2, 0.25) is 0 Å². The summed E-state index contributed by atoms with van der Waals surface area (Å²) in [5, 5.41) is 2.97. The van der Waals surface area contributed by atoms with Crippen LogP contribution < -0.4 is 15.6 Å². The highest BCUT2D eigenvalue weighted by atomic mass is 16.5. The number of H-pyrrole nitrogens is 1. The number of nitrogens with zero attached hydrogens (tertiary/aromatic N) is 1. The molecular weight excluding hydrogens is 406 g/mol. The first-order chi connectivity index (χ1) is 15.5. The van der Waals surface area contributed by atoms with Crippen LogP contribution in [0.3, 0.4) is 0 Å². The van der Waals surface area contributed by atoms with E-state index >= 15 is 0 Å². The summed E-state index contributed by atoms with van der Waals surface area (Å²) in [5.74, 6) is 0.228. The van der Waals surface area contributed by atoms with Gasteiger partial charge in [0, 0.05) is 31.0 Å². The van der Waals surface area contributed by atoms with E-state index in [1.165, 1.54) is 18.3 Å². The molecule has 2 heterocycles. The molecule has 0 radical (unpaired) electrons. The minimum Gasteiger partial charge on any atom is -0.497 e. The molecule has 32 heavy (non-hydrogen) atoms. The SMILES string of the molecule is COc1cccc(-c2ccc(NC(=O)[C@@H]3CCCN(C(=O)c4ccc(=O)[nH]c4)C3)cc2)c1. The van der Waals surface area contributed by atoms with E-state index in [1.54, 1.807) is 12.0 Å². The standard InChI is InChI=1S/C25H25N3O4/c1-32-22-6-2-4-18(14-22)17-7-10-21(11-8-17)27-24(30)20-5-3-13-28(16-20)25(31)19-9-12-23(29)26-15-19/h2,4,6-12,14-15,20H,3,5,13,16H2,1H3,(H,26,29)(H,27,30)/t20-/m1/s1. The molecule has 2 amide bonds. The number of ether oxygens (including phenoxy) is 1. The van der Waals surface area contributed by atoms with Gasteiger partial charge in [0.1, 0.15) is 5.75 Å². The van der Waals surface area contributed by atoms with Gasteiger partial charge in [-0.1, -0.05) is 24.3 Å². The maximum absolute atomic E-state index is 12.8. The molecule has 4 rings (SSSR count). The van der Waals surface area contributed by atoms with Gasteiger partial charge in [-0.25, -0.2) is 0 Å². The lowest BCUT2D eigenvalue weighted by Crippen LogP contribution is -2.43. The van der Waals surface area contributed by atoms with Gasteiger partial charge in [-0.15, -0.1) is 0 Å². The Morgan fingerprint density at radius 2 is 1.88 bits per heavy atom. The molecule has 2 aromatic carbocycles. The highest BCUT2D eigenvalue weighted by Gasteiger charge is 2.29. The molecule has 0 spiro atoms. The van der Waals surface area contributed by atoms with Crippen LogP contribution in [0.15, 0.2) is 71.7 Å². The Kier molecular flexibility index (Phi) is 6.35. The Labute approximate surface area is 186 Å². The first-order valence-corrected chi connectivity index (χ1v) is 10.6. The predicted molar refractivity (Wildman–Crippen MR) is 123 cm³/mol. The number of aromatic nitrogens is 1. The fraction of sp³-hybridized carbons (Fsp3) is 0.240. The van der Waals surface area contributed by atoms with E-state index in [9.17, 15) is 14.4 Å². The summed E-state index contributed by atoms with van der Waals surface area (Å²) in [4.78, 5) is 41.0. The number of piperidine rings is 1. The van der Waals surface area contributed by atoms with Crippen molar-refractivity contribution in [2.45, 2.75) is 12.8 Å². The van der Waals surface area contributed by atoms with E-state index in [1.807, 2.05) is 48.5 Å². The van der Waals surface area contributed by atoms with Crippen LogP contribution in [-0.2, 0) is 4.79 Å². The molecule has 7 heteroatoms. The van der Waals surface area contributed by atoms with Gasteiger partial charge in [-0.2, -0.15) is 0 Å². The fourth-order valence-corrected chi connectivity index (χ4v) is 3.89. The molecule has 0 unspecified atom stereocenters. The third-order valence-electron chi connectivity index (χ3n) is 5.67. The molecule has 0 aliphatic carbocycles. The summed E-state index contributed by atoms with van der Waals surface area (Å²) in [6.45, 7) is 0.947. The van der Waals surface area contributed by atoms with Gasteiger partial charge in [0.25, 0.3) is 5.91 Å². The number of amides is 2. The molecule has 1 atom stereocenters. The highest BCUT2D eigenvalue weighted by Crippen LogP contribution is 2.26. The summed E-state index contributed by atoms with van der Waals surface area (Å²) in [6.07, 6.45) is 2.89. The van der Waals surface area contributed by atoms with Crippen molar-refractivity contribution in [2.75, 3.05) is 25.5 Å². The van der Waals surface area contributed by atoms with E-state index in [-0.39, 0.29) is 23.3 Å². The van der Waals surface area contributed by atoms with E-state index in [2.05, 4.69) is 10.3 Å². The minimum absolute atomic E-state index is 0.0990. The van der Waals surface area contributed by atoms with Gasteiger partial charge in [-0.3, -0.25) is 14.4 Å². The van der Waals surface area contributed by atoms with Crippen molar-refractivity contribution in [3.05, 3.63) is 82.8 Å². The average Bonchev–Trinajstić information content (AvgIpc) is 2.84. The Hall–Kier alpha value is -3.87. The Morgan fingerprint density at radius 3 is 2.59 bits per heavy atom. The van der Waals surface area contributed by atoms with E-state index in [0.29, 0.717) is 24.3 Å². The van der Waals surface area contributed by atoms with Gasteiger partial charge < -0.3 is 19.9 Å². The van der Waals surface area contributed by atoms with Crippen LogP contribution in [0.1, 0.15) is 23.2 Å². The van der Waals surface area contributed by atoms with E-state index in [0.717, 1.165) is 29.7 Å². The van der Waals surface area contributed by atoms with Crippen LogP contribution in [0.4, 0.5) is 5.69 Å². The van der Waals surface area contributed by atoms with Crippen LogP contribution in [-0.4, -0.2) is 41.9 Å². The molecule has 2 N–H and O–H groups in total. The van der Waals surface area contributed by atoms with E-state index < -0.39 is 0 Å². The van der Waals surface area contributed by atoms with Gasteiger partial charge in [0.05, 0.1) is 18.6 Å². The van der Waals surface area contributed by atoms with Crippen molar-refractivity contribution >= 4 is 17.5 Å². The fourth-order valence-electron chi connectivity index (χ4n) is 3.89. The van der Waals surface area contributed by atoms with Crippen LogP contribution in [0.5, 0.6) is 5.75 Å². The number of methoxy groups -OCH3 is 1. The molecular formula is C25H25N3O4. The number of hydrogen-bond donors (Lipinski definition) is 2. The molecule has 1 aliphatic rings. The summed E-state index contributed by atoms with van der Waals surface area (Å²) in [6, 6.07) is 18.3. The molecule has 0 saturated carbocycles. The van der Waals surface area contributed by atoms with Crippen LogP contribution in [0.25, 0.3) is 11.1 Å². The van der Waals surface area contributed by atoms with Crippen molar-refractivity contribution in [1.82, 2.24) is 9.88 Å². The first kappa shape index (κ1) is 21.4. The molecule has 1 aliphatic heterocycles. The molecule has 7 nitrogen and oxygen atoms in total. The van der Waals surface area contributed by atoms with Gasteiger partial charge in [0.2, 0.25) is 11.5 Å². The van der Waals surface area contributed by atoms with Crippen molar-refractivity contribution < 1.29 is 14.3 Å². The van der Waals surface area contributed by atoms with Crippen molar-refractivity contribution in [3.8, 4) is 16.9 Å². The smallest absolute Gasteiger partial charge is 0.255 e. The zero-order valence-corrected chi connectivity index (χ0v) is 17.8. The van der Waals surface area contributed by atoms with Gasteiger partial charge >= 0.3 is 0 Å². The van der Waals surface area contributed by atoms with Gasteiger partial charge in [0.15, 0.2) is 0 Å². The maximum atomic E-state index is 12.8. The summed E-state index contributed by atoms with van der Waals surface area (Å²) in [7, 11) is 1.64. The Morgan fingerprint density at radius 1 is 1.06 bits per heavy atom. The molecule has 3 aromatic rings. The van der Waals surface area contributed by atoms with Gasteiger partial charge in [-0.05, 0) is 54.3 Å². The second-order valence-corrected chi connectivity index (χ2v) is 7.83. The number of aromatic amines is 1. The Balaban J connectivity index is 1.39. The topological polar surface area (TPSA) is 91.5 Å². The number of hydrogen-bond acceptors (Lipinski definition) is 4. The van der Waals surface area contributed by atoms with Crippen molar-refractivity contribution in [2.24, 2.45) is 5.92 Å². The molecule has 1 saturated heterocycles. The summed E-state index contributed by atoms with van der Waals surface area (Å²) < 4.78 is 5.28. The van der Waals surface area contributed by atoms with Crippen LogP contribution >= 0.6 is 0 Å². The highest BCUT2D eigenvalue weighted by molar-refractivity contribution is 5.96. The normalized spacial score (nSPS) is 15.8. The Bertz CT molecular complexity index is 1150. The number of carbonyl (C=O) groups excluding carboxylic acids is 2. The number of benzene rings is 2. The third-order valence-corrected chi connectivity index (χ3v) is 5.67. The average molecular weight is 431 g/mol. The molecule has 0 bridgehead atoms. The third kappa shape index (κ3) is 4.88. The number of likely N-dealkylation sites (tertiary alicyclic amines) is 1.